The molecule has 1 aromatic heterocycles. The molecule has 4 aliphatic heterocycles. The molecule has 3 aromatic carbocycles. The van der Waals surface area contributed by atoms with Crippen molar-refractivity contribution >= 4 is 34.3 Å². The zero-order chi connectivity index (χ0) is 25.4. The maximum atomic E-state index is 4.91. The number of anilines is 5. The summed E-state index contributed by atoms with van der Waals surface area (Å²) in [5, 5.41) is 0. The van der Waals surface area contributed by atoms with E-state index in [-0.39, 0.29) is 24.2 Å². The van der Waals surface area contributed by atoms with Crippen molar-refractivity contribution in [1.82, 2.24) is 14.9 Å². The Balaban J connectivity index is 1.42. The van der Waals surface area contributed by atoms with Gasteiger partial charge in [-0.2, -0.15) is 0 Å². The SMILES string of the molecule is C=C1CC2c3ccccc3N3c4nccnc4N(c4ccccc4)C3C2C2N(C)C=CN2c2ccccc21. The molecule has 0 N–H and O–H groups in total. The van der Waals surface area contributed by atoms with Crippen molar-refractivity contribution in [3.63, 3.8) is 0 Å². The van der Waals surface area contributed by atoms with E-state index in [1.807, 2.05) is 12.4 Å². The van der Waals surface area contributed by atoms with Gasteiger partial charge in [-0.25, -0.2) is 9.97 Å². The van der Waals surface area contributed by atoms with Crippen LogP contribution in [0, 0.1) is 5.92 Å². The maximum absolute atomic E-state index is 4.91. The van der Waals surface area contributed by atoms with Crippen LogP contribution in [0.25, 0.3) is 5.57 Å². The number of nitrogens with zero attached hydrogens (tertiary/aromatic N) is 6. The van der Waals surface area contributed by atoms with Gasteiger partial charge in [0.1, 0.15) is 12.3 Å². The summed E-state index contributed by atoms with van der Waals surface area (Å²) in [6, 6.07) is 28.2. The Bertz CT molecular complexity index is 1600. The first-order valence-corrected chi connectivity index (χ1v) is 13.2. The molecule has 0 aliphatic carbocycles. The summed E-state index contributed by atoms with van der Waals surface area (Å²) in [5.74, 6) is 2.25. The van der Waals surface area contributed by atoms with Crippen molar-refractivity contribution in [3.05, 3.63) is 121 Å². The maximum Gasteiger partial charge on any atom is 0.178 e. The third kappa shape index (κ3) is 2.83. The number of benzene rings is 3. The molecule has 0 saturated carbocycles. The minimum atomic E-state index is -0.0115. The van der Waals surface area contributed by atoms with Crippen LogP contribution in [-0.2, 0) is 0 Å². The summed E-state index contributed by atoms with van der Waals surface area (Å²) in [6.07, 6.45) is 9.05. The highest BCUT2D eigenvalue weighted by atomic mass is 15.5. The highest BCUT2D eigenvalue weighted by Gasteiger charge is 2.56. The average molecular weight is 497 g/mol. The van der Waals surface area contributed by atoms with Crippen LogP contribution in [0.1, 0.15) is 23.5 Å². The van der Waals surface area contributed by atoms with Crippen LogP contribution in [0.3, 0.4) is 0 Å². The molecule has 8 rings (SSSR count). The van der Waals surface area contributed by atoms with Crippen molar-refractivity contribution in [3.8, 4) is 0 Å². The second kappa shape index (κ2) is 7.96. The van der Waals surface area contributed by atoms with Gasteiger partial charge < -0.3 is 19.6 Å². The Hall–Kier alpha value is -4.58. The molecule has 0 saturated heterocycles. The van der Waals surface area contributed by atoms with E-state index in [9.17, 15) is 0 Å². The first-order chi connectivity index (χ1) is 18.7. The molecule has 4 atom stereocenters. The average Bonchev–Trinajstić information content (AvgIpc) is 3.51. The smallest absolute Gasteiger partial charge is 0.178 e. The Morgan fingerprint density at radius 1 is 0.737 bits per heavy atom. The van der Waals surface area contributed by atoms with Crippen LogP contribution >= 0.6 is 0 Å². The molecular weight excluding hydrogens is 468 g/mol. The van der Waals surface area contributed by atoms with E-state index >= 15 is 0 Å². The van der Waals surface area contributed by atoms with E-state index in [1.54, 1.807) is 0 Å². The monoisotopic (exact) mass is 496 g/mol. The molecule has 5 heterocycles. The van der Waals surface area contributed by atoms with E-state index in [1.165, 1.54) is 28.1 Å². The normalized spacial score (nSPS) is 24.6. The molecule has 0 radical (unpaired) electrons. The fraction of sp³-hybridized carbons (Fsp3) is 0.188. The molecule has 0 fully saturated rings. The lowest BCUT2D eigenvalue weighted by molar-refractivity contribution is 0.188. The van der Waals surface area contributed by atoms with E-state index in [2.05, 4.69) is 124 Å². The molecule has 0 bridgehead atoms. The Labute approximate surface area is 222 Å². The van der Waals surface area contributed by atoms with E-state index < -0.39 is 0 Å². The van der Waals surface area contributed by atoms with Crippen molar-refractivity contribution in [2.45, 2.75) is 24.7 Å². The van der Waals surface area contributed by atoms with Crippen molar-refractivity contribution in [2.24, 2.45) is 5.92 Å². The van der Waals surface area contributed by atoms with Crippen molar-refractivity contribution in [2.75, 3.05) is 21.7 Å². The van der Waals surface area contributed by atoms with Gasteiger partial charge in [0.05, 0.1) is 5.69 Å². The van der Waals surface area contributed by atoms with Gasteiger partial charge in [-0.05, 0) is 41.8 Å². The molecule has 6 nitrogen and oxygen atoms in total. The van der Waals surface area contributed by atoms with Crippen molar-refractivity contribution in [1.29, 1.82) is 0 Å². The van der Waals surface area contributed by atoms with Crippen LogP contribution in [-0.4, -0.2) is 34.2 Å². The van der Waals surface area contributed by atoms with Gasteiger partial charge >= 0.3 is 0 Å². The summed E-state index contributed by atoms with van der Waals surface area (Å²) in [7, 11) is 2.20. The third-order valence-corrected chi connectivity index (χ3v) is 8.62. The van der Waals surface area contributed by atoms with Gasteiger partial charge in [-0.1, -0.05) is 61.2 Å². The van der Waals surface area contributed by atoms with Gasteiger partial charge in [0.2, 0.25) is 0 Å². The quantitative estimate of drug-likeness (QED) is 0.301. The fourth-order valence-electron chi connectivity index (χ4n) is 7.14. The van der Waals surface area contributed by atoms with Gasteiger partial charge in [-0.3, -0.25) is 0 Å². The summed E-state index contributed by atoms with van der Waals surface area (Å²) in [5.41, 5.74) is 7.31. The van der Waals surface area contributed by atoms with Crippen LogP contribution in [0.4, 0.5) is 28.7 Å². The number of para-hydroxylation sites is 3. The minimum absolute atomic E-state index is 0.0115. The first kappa shape index (κ1) is 21.5. The van der Waals surface area contributed by atoms with E-state index in [0.29, 0.717) is 0 Å². The third-order valence-electron chi connectivity index (χ3n) is 8.62. The second-order valence-electron chi connectivity index (χ2n) is 10.5. The molecule has 4 unspecified atom stereocenters. The zero-order valence-corrected chi connectivity index (χ0v) is 21.2. The topological polar surface area (TPSA) is 38.7 Å². The van der Waals surface area contributed by atoms with Gasteiger partial charge in [0.15, 0.2) is 11.6 Å². The molecule has 6 heteroatoms. The highest BCUT2D eigenvalue weighted by molar-refractivity contribution is 5.87. The van der Waals surface area contributed by atoms with Crippen molar-refractivity contribution < 1.29 is 0 Å². The second-order valence-corrected chi connectivity index (χ2v) is 10.5. The number of allylic oxidation sites excluding steroid dienone is 1. The van der Waals surface area contributed by atoms with Crippen LogP contribution in [0.15, 0.2) is 110 Å². The Kier molecular flexibility index (Phi) is 4.50. The fourth-order valence-corrected chi connectivity index (χ4v) is 7.14. The van der Waals surface area contributed by atoms with Gasteiger partial charge in [0.25, 0.3) is 0 Å². The Morgan fingerprint density at radius 3 is 2.24 bits per heavy atom. The van der Waals surface area contributed by atoms with Gasteiger partial charge in [0, 0.05) is 60.6 Å². The number of hydrogen-bond donors (Lipinski definition) is 0. The van der Waals surface area contributed by atoms with Crippen LogP contribution in [0.5, 0.6) is 0 Å². The number of hydrogen-bond acceptors (Lipinski definition) is 6. The molecule has 0 spiro atoms. The number of fused-ring (bicyclic) bond motifs is 12. The summed E-state index contributed by atoms with van der Waals surface area (Å²) in [4.78, 5) is 19.5. The molecular formula is C32H28N6. The lowest BCUT2D eigenvalue weighted by Crippen LogP contribution is -2.59. The lowest BCUT2D eigenvalue weighted by Gasteiger charge is -2.52. The summed E-state index contributed by atoms with van der Waals surface area (Å²) in [6.45, 7) is 4.64. The predicted molar refractivity (Wildman–Crippen MR) is 152 cm³/mol. The minimum Gasteiger partial charge on any atom is -0.358 e. The predicted octanol–water partition coefficient (Wildman–Crippen LogP) is 6.47. The summed E-state index contributed by atoms with van der Waals surface area (Å²) < 4.78 is 0. The van der Waals surface area contributed by atoms with Crippen LogP contribution in [0.2, 0.25) is 0 Å². The number of rotatable bonds is 1. The molecule has 186 valence electrons. The van der Waals surface area contributed by atoms with E-state index in [0.717, 1.165) is 23.7 Å². The molecule has 4 aromatic rings. The summed E-state index contributed by atoms with van der Waals surface area (Å²) >= 11 is 0. The van der Waals surface area contributed by atoms with Crippen LogP contribution < -0.4 is 14.7 Å². The van der Waals surface area contributed by atoms with Gasteiger partial charge in [-0.15, -0.1) is 0 Å². The standard InChI is InChI=1S/C32H28N6/c1-21-20-25-24-13-7-9-15-27(24)38-30-29(33-16-17-34-30)37(22-10-4-3-5-11-22)32(38)28(25)31-35(2)18-19-36(31)26-14-8-6-12-23(21)26/h3-19,25,28,31-32H,1,20H2,2H3. The Morgan fingerprint density at radius 2 is 1.42 bits per heavy atom. The molecule has 0 amide bonds. The lowest BCUT2D eigenvalue weighted by atomic mass is 9.72. The first-order valence-electron chi connectivity index (χ1n) is 13.2. The zero-order valence-electron chi connectivity index (χ0n) is 21.2. The molecule has 38 heavy (non-hydrogen) atoms. The van der Waals surface area contributed by atoms with E-state index in [4.69, 9.17) is 9.97 Å². The highest BCUT2D eigenvalue weighted by Crippen LogP contribution is 2.59. The number of aromatic nitrogens is 2. The molecule has 4 aliphatic rings. The largest absolute Gasteiger partial charge is 0.358 e.